The molecule has 1 aliphatic heterocycles. The van der Waals surface area contributed by atoms with Gasteiger partial charge in [0.2, 0.25) is 0 Å². The first kappa shape index (κ1) is 16.7. The van der Waals surface area contributed by atoms with Gasteiger partial charge in [0.05, 0.1) is 25.1 Å². The fourth-order valence-electron chi connectivity index (χ4n) is 3.89. The van der Waals surface area contributed by atoms with Crippen LogP contribution in [-0.2, 0) is 4.74 Å². The van der Waals surface area contributed by atoms with E-state index in [9.17, 15) is 9.59 Å². The first-order chi connectivity index (χ1) is 12.2. The summed E-state index contributed by atoms with van der Waals surface area (Å²) in [5.41, 5.74) is 1.16. The second-order valence-electron chi connectivity index (χ2n) is 6.86. The maximum Gasteiger partial charge on any atom is 0.271 e. The summed E-state index contributed by atoms with van der Waals surface area (Å²) in [7, 11) is 0. The zero-order valence-corrected chi connectivity index (χ0v) is 15.3. The molecule has 1 aliphatic carbocycles. The van der Waals surface area contributed by atoms with Gasteiger partial charge in [0.25, 0.3) is 11.5 Å². The third-order valence-corrected chi connectivity index (χ3v) is 6.36. The van der Waals surface area contributed by atoms with Crippen LogP contribution >= 0.6 is 11.3 Å². The molecule has 0 aromatic carbocycles. The summed E-state index contributed by atoms with van der Waals surface area (Å²) in [5.74, 6) is -0.0330. The van der Waals surface area contributed by atoms with Crippen molar-refractivity contribution in [1.29, 1.82) is 0 Å². The van der Waals surface area contributed by atoms with E-state index in [0.717, 1.165) is 17.7 Å². The van der Waals surface area contributed by atoms with Gasteiger partial charge in [-0.3, -0.25) is 14.2 Å². The highest BCUT2D eigenvalue weighted by Gasteiger charge is 2.27. The Hall–Kier alpha value is -1.73. The first-order valence-corrected chi connectivity index (χ1v) is 9.85. The quantitative estimate of drug-likeness (QED) is 0.825. The lowest BCUT2D eigenvalue weighted by molar-refractivity contribution is 0.0304. The van der Waals surface area contributed by atoms with Crippen LogP contribution in [0, 0.1) is 6.92 Å². The predicted molar refractivity (Wildman–Crippen MR) is 97.5 cm³/mol. The van der Waals surface area contributed by atoms with Crippen molar-refractivity contribution in [1.82, 2.24) is 14.5 Å². The largest absolute Gasteiger partial charge is 0.378 e. The van der Waals surface area contributed by atoms with E-state index in [4.69, 9.17) is 4.74 Å². The predicted octanol–water partition coefficient (Wildman–Crippen LogP) is 2.74. The molecule has 0 N–H and O–H groups in total. The number of hydrogen-bond acceptors (Lipinski definition) is 5. The Morgan fingerprint density at radius 1 is 1.24 bits per heavy atom. The van der Waals surface area contributed by atoms with Gasteiger partial charge in [0.1, 0.15) is 10.2 Å². The summed E-state index contributed by atoms with van der Waals surface area (Å²) in [4.78, 5) is 33.1. The van der Waals surface area contributed by atoms with Crippen molar-refractivity contribution in [3.8, 4) is 0 Å². The number of morpholine rings is 1. The molecular formula is C18H23N3O3S. The number of rotatable bonds is 2. The van der Waals surface area contributed by atoms with Crippen LogP contribution in [0.1, 0.15) is 53.4 Å². The van der Waals surface area contributed by atoms with Gasteiger partial charge < -0.3 is 9.64 Å². The number of aromatic nitrogens is 2. The van der Waals surface area contributed by atoms with Gasteiger partial charge in [-0.1, -0.05) is 19.3 Å². The fraction of sp³-hybridized carbons (Fsp3) is 0.611. The molecule has 0 unspecified atom stereocenters. The van der Waals surface area contributed by atoms with Crippen LogP contribution in [0.25, 0.3) is 10.2 Å². The minimum Gasteiger partial charge on any atom is -0.378 e. The average Bonchev–Trinajstić information content (AvgIpc) is 3.00. The molecule has 0 radical (unpaired) electrons. The molecule has 1 saturated heterocycles. The number of hydrogen-bond donors (Lipinski definition) is 0. The van der Waals surface area contributed by atoms with E-state index in [1.807, 2.05) is 6.92 Å². The molecule has 2 aromatic rings. The Balaban J connectivity index is 1.74. The van der Waals surface area contributed by atoms with E-state index in [2.05, 4.69) is 4.98 Å². The average molecular weight is 361 g/mol. The first-order valence-electron chi connectivity index (χ1n) is 9.04. The summed E-state index contributed by atoms with van der Waals surface area (Å²) >= 11 is 1.40. The Labute approximate surface area is 150 Å². The van der Waals surface area contributed by atoms with Crippen LogP contribution in [-0.4, -0.2) is 46.7 Å². The normalized spacial score (nSPS) is 19.5. The number of amides is 1. The molecule has 3 heterocycles. The molecule has 0 spiro atoms. The molecule has 134 valence electrons. The molecular weight excluding hydrogens is 338 g/mol. The van der Waals surface area contributed by atoms with Crippen molar-refractivity contribution < 1.29 is 9.53 Å². The van der Waals surface area contributed by atoms with Crippen LogP contribution in [0.2, 0.25) is 0 Å². The van der Waals surface area contributed by atoms with E-state index >= 15 is 0 Å². The Bertz CT molecular complexity index is 845. The standard InChI is InChI=1S/C18H23N3O3S/c1-12-14(17(22)20-7-9-24-10-8-20)15-16(25-12)18(23)21(11-19-15)13-5-3-2-4-6-13/h11,13H,2-10H2,1H3. The van der Waals surface area contributed by atoms with Crippen molar-refractivity contribution in [2.45, 2.75) is 45.1 Å². The van der Waals surface area contributed by atoms with Crippen molar-refractivity contribution in [3.63, 3.8) is 0 Å². The second-order valence-corrected chi connectivity index (χ2v) is 8.09. The van der Waals surface area contributed by atoms with Gasteiger partial charge in [0, 0.05) is 24.0 Å². The van der Waals surface area contributed by atoms with E-state index < -0.39 is 0 Å². The smallest absolute Gasteiger partial charge is 0.271 e. The van der Waals surface area contributed by atoms with Crippen LogP contribution < -0.4 is 5.56 Å². The zero-order chi connectivity index (χ0) is 17.4. The molecule has 0 bridgehead atoms. The highest BCUT2D eigenvalue weighted by Crippen LogP contribution is 2.31. The van der Waals surface area contributed by atoms with Gasteiger partial charge in [-0.05, 0) is 19.8 Å². The van der Waals surface area contributed by atoms with Gasteiger partial charge in [-0.2, -0.15) is 0 Å². The summed E-state index contributed by atoms with van der Waals surface area (Å²) in [6.45, 7) is 4.22. The van der Waals surface area contributed by atoms with Crippen molar-refractivity contribution in [2.24, 2.45) is 0 Å². The third kappa shape index (κ3) is 3.00. The second kappa shape index (κ2) is 6.88. The number of thiophene rings is 1. The lowest BCUT2D eigenvalue weighted by Crippen LogP contribution is -2.40. The highest BCUT2D eigenvalue weighted by atomic mass is 32.1. The van der Waals surface area contributed by atoms with Gasteiger partial charge in [0.15, 0.2) is 0 Å². The minimum absolute atomic E-state index is 0.00558. The van der Waals surface area contributed by atoms with E-state index in [-0.39, 0.29) is 17.5 Å². The molecule has 7 heteroatoms. The summed E-state index contributed by atoms with van der Waals surface area (Å²) < 4.78 is 7.73. The summed E-state index contributed by atoms with van der Waals surface area (Å²) in [6.07, 6.45) is 7.31. The Kier molecular flexibility index (Phi) is 4.60. The fourth-order valence-corrected chi connectivity index (χ4v) is 4.92. The SMILES string of the molecule is Cc1sc2c(=O)n(C3CCCCC3)cnc2c1C(=O)N1CCOCC1. The summed E-state index contributed by atoms with van der Waals surface area (Å²) in [5, 5.41) is 0. The number of carbonyl (C=O) groups excluding carboxylic acids is 1. The minimum atomic E-state index is -0.0330. The highest BCUT2D eigenvalue weighted by molar-refractivity contribution is 7.19. The maximum absolute atomic E-state index is 13.0. The molecule has 0 atom stereocenters. The molecule has 6 nitrogen and oxygen atoms in total. The maximum atomic E-state index is 13.0. The van der Waals surface area contributed by atoms with Crippen LogP contribution in [0.3, 0.4) is 0 Å². The molecule has 1 amide bonds. The number of fused-ring (bicyclic) bond motifs is 1. The number of ether oxygens (including phenoxy) is 1. The Morgan fingerprint density at radius 2 is 1.96 bits per heavy atom. The Morgan fingerprint density at radius 3 is 2.68 bits per heavy atom. The van der Waals surface area contributed by atoms with Crippen LogP contribution in [0.15, 0.2) is 11.1 Å². The number of aryl methyl sites for hydroxylation is 1. The molecule has 25 heavy (non-hydrogen) atoms. The number of nitrogens with zero attached hydrogens (tertiary/aromatic N) is 3. The monoisotopic (exact) mass is 361 g/mol. The van der Waals surface area contributed by atoms with Crippen molar-refractivity contribution in [2.75, 3.05) is 26.3 Å². The zero-order valence-electron chi connectivity index (χ0n) is 14.5. The molecule has 1 saturated carbocycles. The molecule has 2 fully saturated rings. The third-order valence-electron chi connectivity index (χ3n) is 5.28. The van der Waals surface area contributed by atoms with Crippen LogP contribution in [0.5, 0.6) is 0 Å². The van der Waals surface area contributed by atoms with Crippen LogP contribution in [0.4, 0.5) is 0 Å². The molecule has 2 aliphatic rings. The van der Waals surface area contributed by atoms with Crippen molar-refractivity contribution >= 4 is 27.5 Å². The van der Waals surface area contributed by atoms with Gasteiger partial charge >= 0.3 is 0 Å². The van der Waals surface area contributed by atoms with E-state index in [1.54, 1.807) is 15.8 Å². The van der Waals surface area contributed by atoms with Gasteiger partial charge in [-0.25, -0.2) is 4.98 Å². The van der Waals surface area contributed by atoms with E-state index in [0.29, 0.717) is 42.1 Å². The van der Waals surface area contributed by atoms with Gasteiger partial charge in [-0.15, -0.1) is 11.3 Å². The number of carbonyl (C=O) groups is 1. The van der Waals surface area contributed by atoms with Crippen molar-refractivity contribution in [3.05, 3.63) is 27.1 Å². The lowest BCUT2D eigenvalue weighted by Gasteiger charge is -2.27. The lowest BCUT2D eigenvalue weighted by atomic mass is 9.95. The van der Waals surface area contributed by atoms with E-state index in [1.165, 1.54) is 30.6 Å². The molecule has 2 aromatic heterocycles. The topological polar surface area (TPSA) is 64.4 Å². The summed E-state index contributed by atoms with van der Waals surface area (Å²) in [6, 6.07) is 0.249. The molecule has 4 rings (SSSR count).